The number of hydrogen-bond donors (Lipinski definition) is 2. The fourth-order valence-corrected chi connectivity index (χ4v) is 5.26. The fourth-order valence-electron chi connectivity index (χ4n) is 5.10. The molecule has 8 heteroatoms. The van der Waals surface area contributed by atoms with Gasteiger partial charge in [0.2, 0.25) is 5.91 Å². The van der Waals surface area contributed by atoms with Crippen molar-refractivity contribution in [2.75, 3.05) is 18.4 Å². The number of carbonyl (C=O) groups is 2. The van der Waals surface area contributed by atoms with Gasteiger partial charge in [0.05, 0.1) is 5.69 Å². The van der Waals surface area contributed by atoms with E-state index >= 15 is 0 Å². The minimum atomic E-state index is -0.260. The third kappa shape index (κ3) is 5.68. The molecule has 3 amide bonds. The zero-order valence-electron chi connectivity index (χ0n) is 19.8. The van der Waals surface area contributed by atoms with Crippen molar-refractivity contribution >= 4 is 35.3 Å². The second kappa shape index (κ2) is 9.99. The highest BCUT2D eigenvalue weighted by Crippen LogP contribution is 2.32. The number of piperazine rings is 1. The maximum Gasteiger partial charge on any atom is 0.319 e. The Balaban J connectivity index is 1.25. The number of hydrogen-bond acceptors (Lipinski definition) is 3. The van der Waals surface area contributed by atoms with Crippen LogP contribution in [0, 0.1) is 12.7 Å². The van der Waals surface area contributed by atoms with Gasteiger partial charge in [-0.3, -0.25) is 9.69 Å². The number of fused-ring (bicyclic) bond motifs is 2. The Morgan fingerprint density at radius 3 is 2.43 bits per heavy atom. The highest BCUT2D eigenvalue weighted by molar-refractivity contribution is 6.31. The van der Waals surface area contributed by atoms with Crippen LogP contribution in [0.5, 0.6) is 0 Å². The molecule has 2 aromatic carbocycles. The third-order valence-corrected chi connectivity index (χ3v) is 7.44. The molecule has 2 N–H and O–H groups in total. The Bertz CT molecular complexity index is 1130. The van der Waals surface area contributed by atoms with E-state index in [0.717, 1.165) is 62.0 Å². The molecule has 6 nitrogen and oxygen atoms in total. The van der Waals surface area contributed by atoms with E-state index in [1.54, 1.807) is 18.2 Å². The van der Waals surface area contributed by atoms with Crippen molar-refractivity contribution in [3.05, 3.63) is 70.0 Å². The van der Waals surface area contributed by atoms with E-state index in [-0.39, 0.29) is 35.9 Å². The number of amides is 3. The Morgan fingerprint density at radius 1 is 1.09 bits per heavy atom. The normalized spacial score (nSPS) is 22.0. The Kier molecular flexibility index (Phi) is 6.80. The second-order valence-electron chi connectivity index (χ2n) is 9.85. The first-order valence-corrected chi connectivity index (χ1v) is 12.6. The number of carbonyl (C=O) groups excluding carboxylic acids is 2. The van der Waals surface area contributed by atoms with Crippen LogP contribution >= 0.6 is 11.6 Å². The molecule has 0 aromatic heterocycles. The summed E-state index contributed by atoms with van der Waals surface area (Å²) in [5.41, 5.74) is 3.28. The molecule has 184 valence electrons. The molecular weight excluding hydrogens is 467 g/mol. The van der Waals surface area contributed by atoms with E-state index in [2.05, 4.69) is 15.5 Å². The Hall–Kier alpha value is -2.90. The van der Waals surface area contributed by atoms with Gasteiger partial charge in [-0.2, -0.15) is 0 Å². The molecule has 2 aliphatic heterocycles. The van der Waals surface area contributed by atoms with E-state index in [0.29, 0.717) is 10.7 Å². The first-order chi connectivity index (χ1) is 16.9. The lowest BCUT2D eigenvalue weighted by Gasteiger charge is -2.40. The van der Waals surface area contributed by atoms with Crippen molar-refractivity contribution in [1.82, 2.24) is 15.1 Å². The molecule has 3 fully saturated rings. The summed E-state index contributed by atoms with van der Waals surface area (Å²) in [4.78, 5) is 29.9. The monoisotopic (exact) mass is 496 g/mol. The van der Waals surface area contributed by atoms with Gasteiger partial charge in [-0.15, -0.1) is 0 Å². The van der Waals surface area contributed by atoms with Crippen LogP contribution in [0.3, 0.4) is 0 Å². The maximum absolute atomic E-state index is 13.2. The summed E-state index contributed by atoms with van der Waals surface area (Å²) in [6.07, 6.45) is 7.35. The largest absolute Gasteiger partial charge is 0.335 e. The highest BCUT2D eigenvalue weighted by Gasteiger charge is 2.41. The average molecular weight is 497 g/mol. The lowest BCUT2D eigenvalue weighted by atomic mass is 10.1. The number of likely N-dealkylation sites (tertiary alicyclic amines) is 1. The van der Waals surface area contributed by atoms with Crippen molar-refractivity contribution in [3.63, 3.8) is 0 Å². The Labute approximate surface area is 210 Å². The molecular formula is C27H30ClFN4O2. The van der Waals surface area contributed by atoms with Gasteiger partial charge in [0.15, 0.2) is 0 Å². The summed E-state index contributed by atoms with van der Waals surface area (Å²) in [6.45, 7) is 4.27. The number of benzene rings is 2. The molecule has 2 bridgehead atoms. The number of nitrogens with one attached hydrogen (secondary N) is 2. The van der Waals surface area contributed by atoms with E-state index in [1.165, 1.54) is 12.1 Å². The van der Waals surface area contributed by atoms with Crippen molar-refractivity contribution in [2.45, 2.75) is 57.3 Å². The highest BCUT2D eigenvalue weighted by atomic mass is 35.5. The average Bonchev–Trinajstić information content (AvgIpc) is 3.59. The van der Waals surface area contributed by atoms with Crippen molar-refractivity contribution < 1.29 is 14.0 Å². The summed E-state index contributed by atoms with van der Waals surface area (Å²) in [5.74, 6) is -0.242. The predicted octanol–water partition coefficient (Wildman–Crippen LogP) is 4.96. The lowest BCUT2D eigenvalue weighted by Crippen LogP contribution is -2.55. The van der Waals surface area contributed by atoms with Crippen molar-refractivity contribution in [1.29, 1.82) is 0 Å². The van der Waals surface area contributed by atoms with Gasteiger partial charge in [-0.25, -0.2) is 9.18 Å². The second-order valence-corrected chi connectivity index (χ2v) is 10.3. The van der Waals surface area contributed by atoms with E-state index in [9.17, 15) is 14.0 Å². The van der Waals surface area contributed by atoms with Crippen LogP contribution in [-0.4, -0.2) is 53.0 Å². The van der Waals surface area contributed by atoms with Crippen molar-refractivity contribution in [2.24, 2.45) is 0 Å². The maximum atomic E-state index is 13.2. The van der Waals surface area contributed by atoms with Gasteiger partial charge in [0.1, 0.15) is 5.82 Å². The number of anilines is 1. The van der Waals surface area contributed by atoms with Gasteiger partial charge < -0.3 is 15.5 Å². The SMILES string of the molecule is Cc1cc(C=CC(=O)N2C3CCC2CN(Cc2ccc(F)cc2)C3)c(NC(=O)NC2CC2)cc1Cl. The first kappa shape index (κ1) is 23.8. The van der Waals surface area contributed by atoms with E-state index < -0.39 is 0 Å². The molecule has 2 unspecified atom stereocenters. The van der Waals surface area contributed by atoms with Crippen LogP contribution in [-0.2, 0) is 11.3 Å². The van der Waals surface area contributed by atoms with Gasteiger partial charge >= 0.3 is 6.03 Å². The zero-order valence-corrected chi connectivity index (χ0v) is 20.5. The standard InChI is InChI=1S/C27H30ClFN4O2/c1-17-12-19(25(13-24(17)28)31-27(35)30-21-7-8-21)4-11-26(34)33-22-9-10-23(33)16-32(15-22)14-18-2-5-20(29)6-3-18/h2-6,11-13,21-23H,7-10,14-16H2,1H3,(H2,30,31,35). The number of nitrogens with zero attached hydrogens (tertiary/aromatic N) is 2. The molecule has 35 heavy (non-hydrogen) atoms. The first-order valence-electron chi connectivity index (χ1n) is 12.2. The van der Waals surface area contributed by atoms with Crippen LogP contribution in [0.15, 0.2) is 42.5 Å². The third-order valence-electron chi connectivity index (χ3n) is 7.03. The number of halogens is 2. The van der Waals surface area contributed by atoms with Crippen LogP contribution in [0.2, 0.25) is 5.02 Å². The topological polar surface area (TPSA) is 64.7 Å². The van der Waals surface area contributed by atoms with Crippen LogP contribution in [0.4, 0.5) is 14.9 Å². The zero-order chi connectivity index (χ0) is 24.5. The summed E-state index contributed by atoms with van der Waals surface area (Å²) >= 11 is 6.30. The molecule has 5 rings (SSSR count). The molecule has 3 aliphatic rings. The summed E-state index contributed by atoms with van der Waals surface area (Å²) < 4.78 is 13.2. The van der Waals surface area contributed by atoms with Crippen molar-refractivity contribution in [3.8, 4) is 0 Å². The molecule has 1 saturated carbocycles. The van der Waals surface area contributed by atoms with Gasteiger partial charge in [0, 0.05) is 48.9 Å². The van der Waals surface area contributed by atoms with Gasteiger partial charge in [-0.1, -0.05) is 23.7 Å². The quantitative estimate of drug-likeness (QED) is 0.555. The fraction of sp³-hybridized carbons (Fsp3) is 0.407. The van der Waals surface area contributed by atoms with Crippen LogP contribution in [0.1, 0.15) is 42.4 Å². The van der Waals surface area contributed by atoms with Gasteiger partial charge in [-0.05, 0) is 79.6 Å². The smallest absolute Gasteiger partial charge is 0.319 e. The van der Waals surface area contributed by atoms with E-state index in [4.69, 9.17) is 11.6 Å². The Morgan fingerprint density at radius 2 is 1.77 bits per heavy atom. The molecule has 0 radical (unpaired) electrons. The van der Waals surface area contributed by atoms with Gasteiger partial charge in [0.25, 0.3) is 0 Å². The van der Waals surface area contributed by atoms with Crippen LogP contribution < -0.4 is 10.6 Å². The number of urea groups is 1. The van der Waals surface area contributed by atoms with E-state index in [1.807, 2.05) is 30.0 Å². The molecule has 0 spiro atoms. The summed E-state index contributed by atoms with van der Waals surface area (Å²) in [5, 5.41) is 6.34. The summed E-state index contributed by atoms with van der Waals surface area (Å²) in [7, 11) is 0. The minimum absolute atomic E-state index is 0.0140. The molecule has 1 aliphatic carbocycles. The lowest BCUT2D eigenvalue weighted by molar-refractivity contribution is -0.131. The molecule has 2 saturated heterocycles. The molecule has 2 aromatic rings. The predicted molar refractivity (Wildman–Crippen MR) is 136 cm³/mol. The molecule has 2 heterocycles. The van der Waals surface area contributed by atoms with Crippen LogP contribution in [0.25, 0.3) is 6.08 Å². The molecule has 2 atom stereocenters. The number of aryl methyl sites for hydroxylation is 1. The summed E-state index contributed by atoms with van der Waals surface area (Å²) in [6, 6.07) is 10.6. The number of rotatable bonds is 6. The minimum Gasteiger partial charge on any atom is -0.335 e.